The summed E-state index contributed by atoms with van der Waals surface area (Å²) in [5.41, 5.74) is 0.680. The number of amides is 1. The molecular weight excluding hydrogens is 348 g/mol. The van der Waals surface area contributed by atoms with Crippen LogP contribution in [0.4, 0.5) is 0 Å². The second kappa shape index (κ2) is 8.70. The molecule has 7 nitrogen and oxygen atoms in total. The summed E-state index contributed by atoms with van der Waals surface area (Å²) >= 11 is 0. The van der Waals surface area contributed by atoms with E-state index in [0.29, 0.717) is 22.4 Å². The Bertz CT molecular complexity index is 830. The SMILES string of the molecule is COC(=O)c1cc(OCC(=O)NC2CCCCC2)c2cc(OC)ccc2n1. The Hall–Kier alpha value is -2.83. The van der Waals surface area contributed by atoms with Gasteiger partial charge in [-0.25, -0.2) is 9.78 Å². The average molecular weight is 372 g/mol. The zero-order valence-corrected chi connectivity index (χ0v) is 15.6. The average Bonchev–Trinajstić information content (AvgIpc) is 2.71. The van der Waals surface area contributed by atoms with Crippen molar-refractivity contribution in [3.05, 3.63) is 30.0 Å². The minimum absolute atomic E-state index is 0.123. The molecule has 1 saturated carbocycles. The Kier molecular flexibility index (Phi) is 6.11. The van der Waals surface area contributed by atoms with Gasteiger partial charge in [-0.05, 0) is 31.0 Å². The lowest BCUT2D eigenvalue weighted by Crippen LogP contribution is -2.39. The van der Waals surface area contributed by atoms with E-state index in [1.807, 2.05) is 0 Å². The van der Waals surface area contributed by atoms with Crippen LogP contribution in [0.25, 0.3) is 10.9 Å². The van der Waals surface area contributed by atoms with Gasteiger partial charge in [-0.15, -0.1) is 0 Å². The van der Waals surface area contributed by atoms with E-state index in [2.05, 4.69) is 10.3 Å². The highest BCUT2D eigenvalue weighted by Crippen LogP contribution is 2.29. The summed E-state index contributed by atoms with van der Waals surface area (Å²) in [4.78, 5) is 28.4. The van der Waals surface area contributed by atoms with E-state index in [9.17, 15) is 9.59 Å². The number of methoxy groups -OCH3 is 2. The number of aromatic nitrogens is 1. The molecule has 0 unspecified atom stereocenters. The molecule has 1 aromatic heterocycles. The molecule has 0 radical (unpaired) electrons. The highest BCUT2D eigenvalue weighted by Gasteiger charge is 2.18. The molecule has 27 heavy (non-hydrogen) atoms. The van der Waals surface area contributed by atoms with Gasteiger partial charge in [0.15, 0.2) is 12.3 Å². The number of carbonyl (C=O) groups excluding carboxylic acids is 2. The Morgan fingerprint density at radius 1 is 1.15 bits per heavy atom. The third kappa shape index (κ3) is 4.67. The van der Waals surface area contributed by atoms with Crippen LogP contribution >= 0.6 is 0 Å². The van der Waals surface area contributed by atoms with Crippen LogP contribution in [0.5, 0.6) is 11.5 Å². The van der Waals surface area contributed by atoms with E-state index >= 15 is 0 Å². The summed E-state index contributed by atoms with van der Waals surface area (Å²) < 4.78 is 15.7. The molecule has 0 bridgehead atoms. The van der Waals surface area contributed by atoms with Crippen LogP contribution in [0.3, 0.4) is 0 Å². The number of nitrogens with one attached hydrogen (secondary N) is 1. The van der Waals surface area contributed by atoms with Crippen LogP contribution in [0.1, 0.15) is 42.6 Å². The predicted molar refractivity (Wildman–Crippen MR) is 100 cm³/mol. The molecule has 1 aliphatic rings. The number of carbonyl (C=O) groups is 2. The number of esters is 1. The van der Waals surface area contributed by atoms with Gasteiger partial charge in [-0.3, -0.25) is 4.79 Å². The third-order valence-electron chi connectivity index (χ3n) is 4.70. The number of fused-ring (bicyclic) bond motifs is 1. The lowest BCUT2D eigenvalue weighted by atomic mass is 9.95. The van der Waals surface area contributed by atoms with E-state index < -0.39 is 5.97 Å². The predicted octanol–water partition coefficient (Wildman–Crippen LogP) is 2.86. The number of rotatable bonds is 6. The standard InChI is InChI=1S/C20H24N2O5/c1-25-14-8-9-16-15(10-14)18(11-17(22-16)20(24)26-2)27-12-19(23)21-13-6-4-3-5-7-13/h8-11,13H,3-7,12H2,1-2H3,(H,21,23). The van der Waals surface area contributed by atoms with Crippen LogP contribution in [-0.2, 0) is 9.53 Å². The maximum absolute atomic E-state index is 12.3. The number of benzene rings is 1. The Morgan fingerprint density at radius 3 is 2.63 bits per heavy atom. The molecule has 0 aliphatic heterocycles. The molecule has 3 rings (SSSR count). The van der Waals surface area contributed by atoms with Crippen molar-refractivity contribution in [3.63, 3.8) is 0 Å². The molecular formula is C20H24N2O5. The van der Waals surface area contributed by atoms with Crippen molar-refractivity contribution in [2.45, 2.75) is 38.1 Å². The Balaban J connectivity index is 1.80. The number of ether oxygens (including phenoxy) is 3. The van der Waals surface area contributed by atoms with E-state index in [-0.39, 0.29) is 24.2 Å². The maximum atomic E-state index is 12.3. The fraction of sp³-hybridized carbons (Fsp3) is 0.450. The topological polar surface area (TPSA) is 86.8 Å². The van der Waals surface area contributed by atoms with Gasteiger partial charge in [-0.2, -0.15) is 0 Å². The summed E-state index contributed by atoms with van der Waals surface area (Å²) in [6.07, 6.45) is 5.53. The number of nitrogens with zero attached hydrogens (tertiary/aromatic N) is 1. The molecule has 7 heteroatoms. The molecule has 0 saturated heterocycles. The van der Waals surface area contributed by atoms with Gasteiger partial charge in [0.1, 0.15) is 11.5 Å². The van der Waals surface area contributed by atoms with Gasteiger partial charge in [0.2, 0.25) is 0 Å². The van der Waals surface area contributed by atoms with Crippen LogP contribution in [0.2, 0.25) is 0 Å². The van der Waals surface area contributed by atoms with Gasteiger partial charge < -0.3 is 19.5 Å². The largest absolute Gasteiger partial charge is 0.497 e. The monoisotopic (exact) mass is 372 g/mol. The van der Waals surface area contributed by atoms with E-state index in [1.54, 1.807) is 25.3 Å². The Morgan fingerprint density at radius 2 is 1.93 bits per heavy atom. The van der Waals surface area contributed by atoms with Gasteiger partial charge in [0.05, 0.1) is 19.7 Å². The molecule has 1 fully saturated rings. The van der Waals surface area contributed by atoms with Crippen molar-refractivity contribution in [2.75, 3.05) is 20.8 Å². The van der Waals surface area contributed by atoms with Gasteiger partial charge in [0, 0.05) is 17.5 Å². The molecule has 0 spiro atoms. The summed E-state index contributed by atoms with van der Waals surface area (Å²) in [5, 5.41) is 3.67. The molecule has 1 heterocycles. The normalized spacial score (nSPS) is 14.6. The highest BCUT2D eigenvalue weighted by molar-refractivity contribution is 5.94. The van der Waals surface area contributed by atoms with Crippen LogP contribution in [0, 0.1) is 0 Å². The first-order valence-corrected chi connectivity index (χ1v) is 9.10. The molecule has 144 valence electrons. The maximum Gasteiger partial charge on any atom is 0.356 e. The molecule has 1 N–H and O–H groups in total. The molecule has 0 atom stereocenters. The first-order chi connectivity index (χ1) is 13.1. The summed E-state index contributed by atoms with van der Waals surface area (Å²) in [7, 11) is 2.86. The zero-order chi connectivity index (χ0) is 19.2. The quantitative estimate of drug-likeness (QED) is 0.785. The smallest absolute Gasteiger partial charge is 0.356 e. The highest BCUT2D eigenvalue weighted by atomic mass is 16.5. The van der Waals surface area contributed by atoms with Gasteiger partial charge >= 0.3 is 5.97 Å². The van der Waals surface area contributed by atoms with Crippen LogP contribution in [0.15, 0.2) is 24.3 Å². The molecule has 1 amide bonds. The summed E-state index contributed by atoms with van der Waals surface area (Å²) in [6, 6.07) is 6.94. The van der Waals surface area contributed by atoms with Crippen molar-refractivity contribution in [2.24, 2.45) is 0 Å². The molecule has 1 aromatic carbocycles. The molecule has 1 aliphatic carbocycles. The van der Waals surface area contributed by atoms with Crippen molar-refractivity contribution >= 4 is 22.8 Å². The van der Waals surface area contributed by atoms with Crippen molar-refractivity contribution in [1.29, 1.82) is 0 Å². The van der Waals surface area contributed by atoms with E-state index in [4.69, 9.17) is 14.2 Å². The Labute approximate surface area is 158 Å². The minimum atomic E-state index is -0.566. The van der Waals surface area contributed by atoms with Crippen molar-refractivity contribution in [3.8, 4) is 11.5 Å². The zero-order valence-electron chi connectivity index (χ0n) is 15.6. The fourth-order valence-electron chi connectivity index (χ4n) is 3.29. The van der Waals surface area contributed by atoms with E-state index in [1.165, 1.54) is 19.6 Å². The van der Waals surface area contributed by atoms with Crippen LogP contribution in [-0.4, -0.2) is 43.7 Å². The van der Waals surface area contributed by atoms with Crippen molar-refractivity contribution in [1.82, 2.24) is 10.3 Å². The first kappa shape index (κ1) is 18.9. The molecule has 2 aromatic rings. The second-order valence-electron chi connectivity index (χ2n) is 6.57. The lowest BCUT2D eigenvalue weighted by molar-refractivity contribution is -0.124. The number of pyridine rings is 1. The van der Waals surface area contributed by atoms with Gasteiger partial charge in [0.25, 0.3) is 5.91 Å². The third-order valence-corrected chi connectivity index (χ3v) is 4.70. The lowest BCUT2D eigenvalue weighted by Gasteiger charge is -2.22. The van der Waals surface area contributed by atoms with Gasteiger partial charge in [-0.1, -0.05) is 19.3 Å². The minimum Gasteiger partial charge on any atom is -0.497 e. The summed E-state index contributed by atoms with van der Waals surface area (Å²) in [6.45, 7) is -0.132. The van der Waals surface area contributed by atoms with Crippen molar-refractivity contribution < 1.29 is 23.8 Å². The first-order valence-electron chi connectivity index (χ1n) is 9.10. The van der Waals surface area contributed by atoms with Crippen LogP contribution < -0.4 is 14.8 Å². The number of hydrogen-bond donors (Lipinski definition) is 1. The van der Waals surface area contributed by atoms with E-state index in [0.717, 1.165) is 25.7 Å². The summed E-state index contributed by atoms with van der Waals surface area (Å²) in [5.74, 6) is 0.281. The number of hydrogen-bond acceptors (Lipinski definition) is 6. The second-order valence-corrected chi connectivity index (χ2v) is 6.57. The fourth-order valence-corrected chi connectivity index (χ4v) is 3.29.